The maximum absolute atomic E-state index is 5.84. The lowest BCUT2D eigenvalue weighted by Gasteiger charge is -2.15. The van der Waals surface area contributed by atoms with Crippen molar-refractivity contribution < 1.29 is 0 Å². The van der Waals surface area contributed by atoms with E-state index in [0.717, 1.165) is 5.92 Å². The SMILES string of the molecule is [B]C(SC)C1CCCC1. The van der Waals surface area contributed by atoms with E-state index in [4.69, 9.17) is 7.85 Å². The molecule has 0 amide bonds. The standard InChI is InChI=1S/C7H13BS/c1-9-7(8)6-4-2-3-5-6/h6-7H,2-5H2,1H3. The van der Waals surface area contributed by atoms with E-state index in [-0.39, 0.29) is 0 Å². The predicted octanol–water partition coefficient (Wildman–Crippen LogP) is 2.03. The van der Waals surface area contributed by atoms with Gasteiger partial charge in [-0.2, -0.15) is 11.8 Å². The van der Waals surface area contributed by atoms with Crippen LogP contribution in [0.1, 0.15) is 25.7 Å². The van der Waals surface area contributed by atoms with Crippen LogP contribution in [0.5, 0.6) is 0 Å². The molecule has 1 aliphatic rings. The first-order valence-corrected chi connectivity index (χ1v) is 4.92. The molecule has 1 fully saturated rings. The molecule has 1 atom stereocenters. The molecule has 1 saturated carbocycles. The van der Waals surface area contributed by atoms with E-state index in [0.29, 0.717) is 5.15 Å². The van der Waals surface area contributed by atoms with Crippen LogP contribution in [-0.4, -0.2) is 19.3 Å². The molecule has 0 N–H and O–H groups in total. The van der Waals surface area contributed by atoms with Crippen molar-refractivity contribution in [1.29, 1.82) is 0 Å². The van der Waals surface area contributed by atoms with E-state index in [1.165, 1.54) is 25.7 Å². The van der Waals surface area contributed by atoms with Crippen LogP contribution in [0.25, 0.3) is 0 Å². The van der Waals surface area contributed by atoms with Gasteiger partial charge in [-0.05, 0) is 17.3 Å². The summed E-state index contributed by atoms with van der Waals surface area (Å²) in [6.07, 6.45) is 7.63. The fourth-order valence-corrected chi connectivity index (χ4v) is 2.14. The number of thioether (sulfide) groups is 1. The van der Waals surface area contributed by atoms with Crippen LogP contribution in [0.2, 0.25) is 0 Å². The van der Waals surface area contributed by atoms with Gasteiger partial charge in [0, 0.05) is 0 Å². The molecule has 0 spiro atoms. The number of hydrogen-bond acceptors (Lipinski definition) is 1. The Bertz CT molecular complexity index is 79.0. The summed E-state index contributed by atoms with van der Waals surface area (Å²) in [4.78, 5) is 0. The largest absolute Gasteiger partial charge is 0.171 e. The molecule has 1 rings (SSSR count). The van der Waals surface area contributed by atoms with Crippen molar-refractivity contribution in [3.63, 3.8) is 0 Å². The number of rotatable bonds is 2. The van der Waals surface area contributed by atoms with Gasteiger partial charge in [-0.3, -0.25) is 0 Å². The maximum Gasteiger partial charge on any atom is 0.0850 e. The van der Waals surface area contributed by atoms with Crippen LogP contribution in [0.3, 0.4) is 0 Å². The van der Waals surface area contributed by atoms with Crippen molar-refractivity contribution in [1.82, 2.24) is 0 Å². The van der Waals surface area contributed by atoms with Crippen LogP contribution in [0.15, 0.2) is 0 Å². The first-order valence-electron chi connectivity index (χ1n) is 3.63. The molecular formula is C7H13BS. The van der Waals surface area contributed by atoms with Gasteiger partial charge in [0.2, 0.25) is 0 Å². The minimum atomic E-state index is 0.410. The zero-order valence-electron chi connectivity index (χ0n) is 5.97. The van der Waals surface area contributed by atoms with Gasteiger partial charge < -0.3 is 0 Å². The maximum atomic E-state index is 5.84. The van der Waals surface area contributed by atoms with Gasteiger partial charge in [0.05, 0.1) is 7.85 Å². The van der Waals surface area contributed by atoms with Gasteiger partial charge in [0.15, 0.2) is 0 Å². The lowest BCUT2D eigenvalue weighted by Crippen LogP contribution is -2.12. The van der Waals surface area contributed by atoms with Crippen molar-refractivity contribution in [2.45, 2.75) is 30.8 Å². The monoisotopic (exact) mass is 140 g/mol. The molecule has 1 aliphatic carbocycles. The summed E-state index contributed by atoms with van der Waals surface area (Å²) >= 11 is 1.80. The normalized spacial score (nSPS) is 24.6. The summed E-state index contributed by atoms with van der Waals surface area (Å²) in [6.45, 7) is 0. The topological polar surface area (TPSA) is 0 Å². The molecule has 50 valence electrons. The third-order valence-electron chi connectivity index (χ3n) is 2.14. The molecule has 0 bridgehead atoms. The predicted molar refractivity (Wildman–Crippen MR) is 45.0 cm³/mol. The Morgan fingerprint density at radius 2 is 2.00 bits per heavy atom. The Morgan fingerprint density at radius 1 is 1.44 bits per heavy atom. The molecule has 0 aromatic heterocycles. The fraction of sp³-hybridized carbons (Fsp3) is 1.00. The molecule has 0 aliphatic heterocycles. The highest BCUT2D eigenvalue weighted by Crippen LogP contribution is 2.30. The van der Waals surface area contributed by atoms with Crippen molar-refractivity contribution in [3.8, 4) is 0 Å². The minimum Gasteiger partial charge on any atom is -0.171 e. The molecule has 1 unspecified atom stereocenters. The first-order chi connectivity index (χ1) is 4.34. The van der Waals surface area contributed by atoms with Crippen LogP contribution < -0.4 is 0 Å². The van der Waals surface area contributed by atoms with Gasteiger partial charge in [-0.15, -0.1) is 0 Å². The van der Waals surface area contributed by atoms with E-state index in [9.17, 15) is 0 Å². The van der Waals surface area contributed by atoms with Crippen molar-refractivity contribution in [2.75, 3.05) is 6.26 Å². The molecule has 2 heteroatoms. The molecule has 0 aromatic rings. The second-order valence-corrected chi connectivity index (χ2v) is 3.76. The molecule has 0 aromatic carbocycles. The summed E-state index contributed by atoms with van der Waals surface area (Å²) in [5.74, 6) is 0.819. The average Bonchev–Trinajstić information content (AvgIpc) is 2.37. The molecule has 2 radical (unpaired) electrons. The van der Waals surface area contributed by atoms with Gasteiger partial charge >= 0.3 is 0 Å². The molecule has 0 nitrogen and oxygen atoms in total. The van der Waals surface area contributed by atoms with Crippen LogP contribution in [0, 0.1) is 5.92 Å². The zero-order valence-corrected chi connectivity index (χ0v) is 6.79. The molecule has 0 saturated heterocycles. The Morgan fingerprint density at radius 3 is 2.44 bits per heavy atom. The molecule has 0 heterocycles. The lowest BCUT2D eigenvalue weighted by molar-refractivity contribution is 0.596. The number of hydrogen-bond donors (Lipinski definition) is 0. The molecule has 9 heavy (non-hydrogen) atoms. The fourth-order valence-electron chi connectivity index (χ4n) is 1.48. The summed E-state index contributed by atoms with van der Waals surface area (Å²) < 4.78 is 0. The van der Waals surface area contributed by atoms with Crippen LogP contribution in [-0.2, 0) is 0 Å². The second kappa shape index (κ2) is 3.55. The van der Waals surface area contributed by atoms with Gasteiger partial charge in [-0.1, -0.05) is 25.7 Å². The van der Waals surface area contributed by atoms with Crippen LogP contribution in [0.4, 0.5) is 0 Å². The third kappa shape index (κ3) is 1.92. The van der Waals surface area contributed by atoms with Gasteiger partial charge in [0.1, 0.15) is 0 Å². The smallest absolute Gasteiger partial charge is 0.0850 e. The van der Waals surface area contributed by atoms with Crippen molar-refractivity contribution in [2.24, 2.45) is 5.92 Å². The van der Waals surface area contributed by atoms with Gasteiger partial charge in [-0.25, -0.2) is 0 Å². The Balaban J connectivity index is 2.24. The molecular weight excluding hydrogens is 127 g/mol. The highest BCUT2D eigenvalue weighted by molar-refractivity contribution is 8.00. The van der Waals surface area contributed by atoms with E-state index < -0.39 is 0 Å². The van der Waals surface area contributed by atoms with Gasteiger partial charge in [0.25, 0.3) is 0 Å². The Hall–Kier alpha value is 0.415. The highest BCUT2D eigenvalue weighted by Gasteiger charge is 2.19. The average molecular weight is 140 g/mol. The van der Waals surface area contributed by atoms with E-state index >= 15 is 0 Å². The zero-order chi connectivity index (χ0) is 6.69. The summed E-state index contributed by atoms with van der Waals surface area (Å²) in [6, 6.07) is 0. The summed E-state index contributed by atoms with van der Waals surface area (Å²) in [5.41, 5.74) is 0. The van der Waals surface area contributed by atoms with E-state index in [1.54, 1.807) is 11.8 Å². The third-order valence-corrected chi connectivity index (χ3v) is 3.07. The second-order valence-electron chi connectivity index (χ2n) is 2.74. The summed E-state index contributed by atoms with van der Waals surface area (Å²) in [5, 5.41) is 0.410. The van der Waals surface area contributed by atoms with E-state index in [2.05, 4.69) is 6.26 Å². The quantitative estimate of drug-likeness (QED) is 0.529. The Kier molecular flexibility index (Phi) is 2.97. The first kappa shape index (κ1) is 7.52. The highest BCUT2D eigenvalue weighted by atomic mass is 32.2. The van der Waals surface area contributed by atoms with E-state index in [1.807, 2.05) is 0 Å². The lowest BCUT2D eigenvalue weighted by atomic mass is 9.89. The van der Waals surface area contributed by atoms with Crippen LogP contribution >= 0.6 is 11.8 Å². The van der Waals surface area contributed by atoms with Crippen molar-refractivity contribution >= 4 is 19.6 Å². The summed E-state index contributed by atoms with van der Waals surface area (Å²) in [7, 11) is 5.84. The minimum absolute atomic E-state index is 0.410. The Labute approximate surface area is 63.2 Å². The van der Waals surface area contributed by atoms with Crippen molar-refractivity contribution in [3.05, 3.63) is 0 Å².